The SMILES string of the molecule is Cc1ccc(C(=O)NCC#CCO)cc1. The highest BCUT2D eigenvalue weighted by atomic mass is 16.2. The fourth-order valence-electron chi connectivity index (χ4n) is 1.05. The molecule has 0 bridgehead atoms. The molecule has 0 saturated heterocycles. The summed E-state index contributed by atoms with van der Waals surface area (Å²) in [4.78, 5) is 11.5. The lowest BCUT2D eigenvalue weighted by Gasteiger charge is -2.01. The van der Waals surface area contributed by atoms with Gasteiger partial charge in [-0.25, -0.2) is 0 Å². The van der Waals surface area contributed by atoms with Crippen LogP contribution in [0.2, 0.25) is 0 Å². The largest absolute Gasteiger partial charge is 0.384 e. The van der Waals surface area contributed by atoms with Crippen LogP contribution in [0, 0.1) is 18.8 Å². The van der Waals surface area contributed by atoms with Gasteiger partial charge in [0.1, 0.15) is 6.61 Å². The second-order valence-corrected chi connectivity index (χ2v) is 3.06. The molecular formula is C12H13NO2. The van der Waals surface area contributed by atoms with Crippen LogP contribution in [0.15, 0.2) is 24.3 Å². The molecule has 0 unspecified atom stereocenters. The summed E-state index contributed by atoms with van der Waals surface area (Å²) in [5.74, 6) is 4.92. The molecule has 78 valence electrons. The molecule has 0 radical (unpaired) electrons. The molecule has 1 amide bonds. The third kappa shape index (κ3) is 3.84. The third-order valence-corrected chi connectivity index (χ3v) is 1.86. The van der Waals surface area contributed by atoms with Gasteiger partial charge in [0.05, 0.1) is 6.54 Å². The maximum Gasteiger partial charge on any atom is 0.252 e. The Kier molecular flexibility index (Phi) is 4.39. The molecule has 15 heavy (non-hydrogen) atoms. The number of aliphatic hydroxyl groups is 1. The Morgan fingerprint density at radius 2 is 2.00 bits per heavy atom. The van der Waals surface area contributed by atoms with Gasteiger partial charge >= 0.3 is 0 Å². The fraction of sp³-hybridized carbons (Fsp3) is 0.250. The Hall–Kier alpha value is -1.79. The molecule has 1 rings (SSSR count). The van der Waals surface area contributed by atoms with Crippen LogP contribution < -0.4 is 5.32 Å². The number of hydrogen-bond acceptors (Lipinski definition) is 2. The summed E-state index contributed by atoms with van der Waals surface area (Å²) >= 11 is 0. The predicted molar refractivity (Wildman–Crippen MR) is 58.4 cm³/mol. The van der Waals surface area contributed by atoms with E-state index in [-0.39, 0.29) is 19.1 Å². The van der Waals surface area contributed by atoms with Gasteiger partial charge in [-0.2, -0.15) is 0 Å². The number of carbonyl (C=O) groups excluding carboxylic acids is 1. The Morgan fingerprint density at radius 3 is 2.60 bits per heavy atom. The highest BCUT2D eigenvalue weighted by Gasteiger charge is 2.01. The van der Waals surface area contributed by atoms with Gasteiger partial charge in [0.25, 0.3) is 5.91 Å². The number of hydrogen-bond donors (Lipinski definition) is 2. The molecule has 0 atom stereocenters. The van der Waals surface area contributed by atoms with E-state index >= 15 is 0 Å². The fourth-order valence-corrected chi connectivity index (χ4v) is 1.05. The highest BCUT2D eigenvalue weighted by molar-refractivity contribution is 5.94. The number of rotatable bonds is 2. The summed E-state index contributed by atoms with van der Waals surface area (Å²) in [6, 6.07) is 7.30. The van der Waals surface area contributed by atoms with Crippen molar-refractivity contribution in [1.82, 2.24) is 5.32 Å². The van der Waals surface area contributed by atoms with Crippen molar-refractivity contribution in [2.75, 3.05) is 13.2 Å². The molecule has 3 heteroatoms. The van der Waals surface area contributed by atoms with Crippen LogP contribution in [0.5, 0.6) is 0 Å². The lowest BCUT2D eigenvalue weighted by Crippen LogP contribution is -2.23. The molecule has 1 aromatic rings. The molecule has 2 N–H and O–H groups in total. The first-order valence-corrected chi connectivity index (χ1v) is 4.65. The maximum atomic E-state index is 11.5. The lowest BCUT2D eigenvalue weighted by atomic mass is 10.1. The number of carbonyl (C=O) groups is 1. The number of nitrogens with one attached hydrogen (secondary N) is 1. The van der Waals surface area contributed by atoms with Crippen LogP contribution in [0.1, 0.15) is 15.9 Å². The quantitative estimate of drug-likeness (QED) is 0.696. The summed E-state index contributed by atoms with van der Waals surface area (Å²) in [5, 5.41) is 11.0. The molecular weight excluding hydrogens is 190 g/mol. The van der Waals surface area contributed by atoms with Crippen molar-refractivity contribution in [2.45, 2.75) is 6.92 Å². The van der Waals surface area contributed by atoms with Crippen LogP contribution in [0.25, 0.3) is 0 Å². The lowest BCUT2D eigenvalue weighted by molar-refractivity contribution is 0.0958. The van der Waals surface area contributed by atoms with Gasteiger partial charge in [-0.3, -0.25) is 4.79 Å². The van der Waals surface area contributed by atoms with Crippen molar-refractivity contribution >= 4 is 5.91 Å². The van der Waals surface area contributed by atoms with E-state index < -0.39 is 0 Å². The van der Waals surface area contributed by atoms with Gasteiger partial charge in [-0.15, -0.1) is 0 Å². The molecule has 0 spiro atoms. The minimum atomic E-state index is -0.180. The van der Waals surface area contributed by atoms with E-state index in [9.17, 15) is 4.79 Å². The van der Waals surface area contributed by atoms with E-state index in [1.807, 2.05) is 19.1 Å². The van der Waals surface area contributed by atoms with E-state index in [1.54, 1.807) is 12.1 Å². The zero-order valence-electron chi connectivity index (χ0n) is 8.58. The van der Waals surface area contributed by atoms with Gasteiger partial charge in [-0.1, -0.05) is 29.5 Å². The van der Waals surface area contributed by atoms with E-state index in [4.69, 9.17) is 5.11 Å². The van der Waals surface area contributed by atoms with Crippen molar-refractivity contribution in [3.63, 3.8) is 0 Å². The summed E-state index contributed by atoms with van der Waals surface area (Å²) in [5.41, 5.74) is 1.73. The van der Waals surface area contributed by atoms with E-state index in [1.165, 1.54) is 0 Å². The second kappa shape index (κ2) is 5.84. The van der Waals surface area contributed by atoms with Gasteiger partial charge < -0.3 is 10.4 Å². The summed E-state index contributed by atoms with van der Waals surface area (Å²) in [6.07, 6.45) is 0. The monoisotopic (exact) mass is 203 g/mol. The van der Waals surface area contributed by atoms with Gasteiger partial charge in [-0.05, 0) is 19.1 Å². The van der Waals surface area contributed by atoms with Gasteiger partial charge in [0.2, 0.25) is 0 Å². The molecule has 0 aliphatic carbocycles. The van der Waals surface area contributed by atoms with Crippen LogP contribution in [0.4, 0.5) is 0 Å². The topological polar surface area (TPSA) is 49.3 Å². The molecule has 1 aromatic carbocycles. The zero-order valence-corrected chi connectivity index (χ0v) is 8.58. The van der Waals surface area contributed by atoms with E-state index in [0.29, 0.717) is 5.56 Å². The van der Waals surface area contributed by atoms with Crippen molar-refractivity contribution < 1.29 is 9.90 Å². The van der Waals surface area contributed by atoms with Gasteiger partial charge in [0.15, 0.2) is 0 Å². The molecule has 0 aliphatic rings. The average molecular weight is 203 g/mol. The smallest absolute Gasteiger partial charge is 0.252 e. The summed E-state index contributed by atoms with van der Waals surface area (Å²) < 4.78 is 0. The zero-order chi connectivity index (χ0) is 11.1. The minimum absolute atomic E-state index is 0.151. The Labute approximate surface area is 89.1 Å². The highest BCUT2D eigenvalue weighted by Crippen LogP contribution is 2.02. The first kappa shape index (κ1) is 11.3. The standard InChI is InChI=1S/C12H13NO2/c1-10-4-6-11(7-5-10)12(15)13-8-2-3-9-14/h4-7,14H,8-9H2,1H3,(H,13,15). The summed E-state index contributed by atoms with van der Waals surface area (Å²) in [6.45, 7) is 2.04. The maximum absolute atomic E-state index is 11.5. The third-order valence-electron chi connectivity index (χ3n) is 1.86. The number of aryl methyl sites for hydroxylation is 1. The number of benzene rings is 1. The van der Waals surface area contributed by atoms with Crippen molar-refractivity contribution in [1.29, 1.82) is 0 Å². The molecule has 0 saturated carbocycles. The van der Waals surface area contributed by atoms with E-state index in [2.05, 4.69) is 17.2 Å². The van der Waals surface area contributed by atoms with Crippen LogP contribution in [-0.2, 0) is 0 Å². The molecule has 0 aromatic heterocycles. The normalized spacial score (nSPS) is 8.93. The van der Waals surface area contributed by atoms with Crippen molar-refractivity contribution in [2.24, 2.45) is 0 Å². The minimum Gasteiger partial charge on any atom is -0.384 e. The first-order valence-electron chi connectivity index (χ1n) is 4.65. The van der Waals surface area contributed by atoms with Gasteiger partial charge in [0, 0.05) is 5.56 Å². The van der Waals surface area contributed by atoms with Crippen LogP contribution >= 0.6 is 0 Å². The molecule has 0 heterocycles. The average Bonchev–Trinajstić information content (AvgIpc) is 2.25. The van der Waals surface area contributed by atoms with Crippen molar-refractivity contribution in [3.8, 4) is 11.8 Å². The second-order valence-electron chi connectivity index (χ2n) is 3.06. The number of aliphatic hydroxyl groups excluding tert-OH is 1. The van der Waals surface area contributed by atoms with Crippen LogP contribution in [-0.4, -0.2) is 24.2 Å². The van der Waals surface area contributed by atoms with Crippen molar-refractivity contribution in [3.05, 3.63) is 35.4 Å². The number of amides is 1. The Morgan fingerprint density at radius 1 is 1.33 bits per heavy atom. The summed E-state index contributed by atoms with van der Waals surface area (Å²) in [7, 11) is 0. The molecule has 0 fully saturated rings. The first-order chi connectivity index (χ1) is 7.24. The Bertz CT molecular complexity index is 384. The molecule has 0 aliphatic heterocycles. The van der Waals surface area contributed by atoms with Crippen LogP contribution in [0.3, 0.4) is 0 Å². The predicted octanol–water partition coefficient (Wildman–Crippen LogP) is 0.721. The van der Waals surface area contributed by atoms with E-state index in [0.717, 1.165) is 5.56 Å². The Balaban J connectivity index is 2.50. The molecule has 3 nitrogen and oxygen atoms in total.